The Morgan fingerprint density at radius 2 is 0.210 bits per heavy atom. The second-order valence-electron chi connectivity index (χ2n) is 41.9. The zero-order chi connectivity index (χ0) is 70.9. The SMILES string of the molecule is C1CCCC(N(C2CCCCCCC2)C2CCCC3C4CCCC(N(C5CCCCCCC5)C5CCCCCCC5)CCCC4C4(C3CCC2)C2CCCC(N(C3CCCCCCC3)C3CCCCCCC3)CCCC2C2CCCC(N(C3CCCCCCC3)C3CCCCCCC3)CCCC24)CCC1. The third kappa shape index (κ3) is 21.5. The molecule has 0 N–H and O–H groups in total. The molecule has 0 aromatic heterocycles. The molecule has 0 aromatic rings. The predicted octanol–water partition coefficient (Wildman–Crippen LogP) is 29.9. The molecule has 0 amide bonds. The molecule has 105 heavy (non-hydrogen) atoms. The van der Waals surface area contributed by atoms with Gasteiger partial charge in [-0.05, 0) is 258 Å². The van der Waals surface area contributed by atoms with Crippen LogP contribution in [-0.2, 0) is 0 Å². The Balaban J connectivity index is 0.849. The van der Waals surface area contributed by atoms with Gasteiger partial charge in [0.15, 0.2) is 0 Å². The van der Waals surface area contributed by atoms with E-state index < -0.39 is 0 Å². The van der Waals surface area contributed by atoms with Crippen molar-refractivity contribution in [1.29, 1.82) is 0 Å². The average molecular weight is 1450 g/mol. The lowest BCUT2D eigenvalue weighted by Crippen LogP contribution is -2.50. The summed E-state index contributed by atoms with van der Waals surface area (Å²) in [5.41, 5.74) is 0.569. The lowest BCUT2D eigenvalue weighted by molar-refractivity contribution is -0.0236. The van der Waals surface area contributed by atoms with E-state index in [0.29, 0.717) is 5.41 Å². The normalized spacial score (nSPS) is 37.6. The minimum atomic E-state index is 0.569. The summed E-state index contributed by atoms with van der Waals surface area (Å²) < 4.78 is 0. The van der Waals surface area contributed by atoms with Gasteiger partial charge in [0.25, 0.3) is 0 Å². The van der Waals surface area contributed by atoms with Crippen LogP contribution in [0.15, 0.2) is 0 Å². The fraction of sp³-hybridized carbons (Fsp3) is 1.00. The van der Waals surface area contributed by atoms with E-state index in [1.165, 1.54) is 360 Å². The Bertz CT molecular complexity index is 1860. The molecule has 4 nitrogen and oxygen atoms in total. The van der Waals surface area contributed by atoms with Crippen LogP contribution in [0.3, 0.4) is 0 Å². The van der Waals surface area contributed by atoms with Gasteiger partial charge in [0.05, 0.1) is 0 Å². The van der Waals surface area contributed by atoms with Crippen LogP contribution in [0.5, 0.6) is 0 Å². The highest BCUT2D eigenvalue weighted by Gasteiger charge is 2.70. The third-order valence-corrected chi connectivity index (χ3v) is 35.9. The molecule has 12 atom stereocenters. The van der Waals surface area contributed by atoms with Gasteiger partial charge in [-0.3, -0.25) is 19.6 Å². The van der Waals surface area contributed by atoms with Gasteiger partial charge in [-0.1, -0.05) is 308 Å². The Morgan fingerprint density at radius 1 is 0.105 bits per heavy atom. The molecule has 0 radical (unpaired) electrons. The van der Waals surface area contributed by atoms with Crippen molar-refractivity contribution in [3.8, 4) is 0 Å². The zero-order valence-electron chi connectivity index (χ0n) is 70.4. The molecule has 14 rings (SSSR count). The summed E-state index contributed by atoms with van der Waals surface area (Å²) in [6.07, 6.45) is 123. The van der Waals surface area contributed by atoms with E-state index in [1.807, 2.05) is 0 Å². The highest BCUT2D eigenvalue weighted by molar-refractivity contribution is 5.18. The first-order valence-electron chi connectivity index (χ1n) is 51.3. The summed E-state index contributed by atoms with van der Waals surface area (Å²) in [7, 11) is 0. The highest BCUT2D eigenvalue weighted by Crippen LogP contribution is 2.76. The van der Waals surface area contributed by atoms with Gasteiger partial charge in [-0.15, -0.1) is 0 Å². The Hall–Kier alpha value is -0.160. The van der Waals surface area contributed by atoms with E-state index in [4.69, 9.17) is 0 Å². The standard InChI is InChI=1S/C101H180N4/c1-9-25-49-81(50-26-10-1)102(82-51-27-11-2-12-28-52-82)89-65-41-73-93-94-74-42-66-90(103(83-53-29-13-3-14-30-54-83)84-55-31-15-4-16-32-56-84)70-46-78-98(94)101(97(93)77-45-69-89)99-79-47-71-91(104(85-57-33-17-5-18-34-58-85)86-59-35-19-6-20-36-60-86)67-43-75-95(99)96-76-44-68-92(72-48-80-100(96)101)105(87-61-37-21-7-22-38-62-87)88-63-39-23-8-24-40-64-88/h81-100H,1-80H2. The van der Waals surface area contributed by atoms with Crippen molar-refractivity contribution in [1.82, 2.24) is 19.6 Å². The van der Waals surface area contributed by atoms with Crippen LogP contribution < -0.4 is 0 Å². The second kappa shape index (κ2) is 44.1. The first-order valence-corrected chi connectivity index (χ1v) is 51.3. The van der Waals surface area contributed by atoms with E-state index in [0.717, 1.165) is 120 Å². The minimum absolute atomic E-state index is 0.569. The number of hydrogen-bond donors (Lipinski definition) is 0. The van der Waals surface area contributed by atoms with Gasteiger partial charge in [-0.2, -0.15) is 0 Å². The topological polar surface area (TPSA) is 13.0 Å². The van der Waals surface area contributed by atoms with Crippen LogP contribution in [0.2, 0.25) is 0 Å². The summed E-state index contributed by atoms with van der Waals surface area (Å²) in [6, 6.07) is 10.4. The number of hydrogen-bond acceptors (Lipinski definition) is 4. The molecule has 604 valence electrons. The summed E-state index contributed by atoms with van der Waals surface area (Å²) in [6.45, 7) is 0. The van der Waals surface area contributed by atoms with Crippen molar-refractivity contribution in [2.75, 3.05) is 0 Å². The molecule has 12 unspecified atom stereocenters. The van der Waals surface area contributed by atoms with E-state index in [1.54, 1.807) is 154 Å². The second-order valence-corrected chi connectivity index (χ2v) is 41.9. The number of fused-ring (bicyclic) bond motifs is 10. The first kappa shape index (κ1) is 81.4. The summed E-state index contributed by atoms with van der Waals surface area (Å²) in [5, 5.41) is 0. The van der Waals surface area contributed by atoms with E-state index >= 15 is 0 Å². The van der Waals surface area contributed by atoms with Crippen molar-refractivity contribution in [3.63, 3.8) is 0 Å². The van der Waals surface area contributed by atoms with E-state index in [-0.39, 0.29) is 0 Å². The molecule has 0 saturated heterocycles. The lowest BCUT2D eigenvalue weighted by Gasteiger charge is -2.50. The maximum atomic E-state index is 3.49. The van der Waals surface area contributed by atoms with Crippen molar-refractivity contribution in [3.05, 3.63) is 0 Å². The van der Waals surface area contributed by atoms with Gasteiger partial charge in [0.2, 0.25) is 0 Å². The first-order chi connectivity index (χ1) is 52.2. The zero-order valence-corrected chi connectivity index (χ0v) is 70.4. The highest BCUT2D eigenvalue weighted by atomic mass is 15.2. The van der Waals surface area contributed by atoms with Crippen LogP contribution in [0.1, 0.15) is 514 Å². The van der Waals surface area contributed by atoms with Gasteiger partial charge in [-0.25, -0.2) is 0 Å². The van der Waals surface area contributed by atoms with Crippen LogP contribution in [0.25, 0.3) is 0 Å². The molecule has 0 aliphatic heterocycles. The molecule has 0 bridgehead atoms. The molecular formula is C101H180N4. The molecule has 0 heterocycles. The average Bonchev–Trinajstić information content (AvgIpc) is 1.52. The molecular weight excluding hydrogens is 1270 g/mol. The number of rotatable bonds is 12. The molecule has 4 heteroatoms. The van der Waals surface area contributed by atoms with E-state index in [2.05, 4.69) is 19.6 Å². The monoisotopic (exact) mass is 1450 g/mol. The van der Waals surface area contributed by atoms with Crippen LogP contribution in [0, 0.1) is 52.8 Å². The lowest BCUT2D eigenvalue weighted by atomic mass is 9.55. The quantitative estimate of drug-likeness (QED) is 0.193. The number of nitrogens with zero attached hydrogens (tertiary/aromatic N) is 4. The van der Waals surface area contributed by atoms with Gasteiger partial charge in [0.1, 0.15) is 0 Å². The minimum Gasteiger partial charge on any atom is -0.294 e. The smallest absolute Gasteiger partial charge is 0.0101 e. The Kier molecular flexibility index (Phi) is 34.2. The molecule has 14 fully saturated rings. The van der Waals surface area contributed by atoms with Crippen molar-refractivity contribution in [2.45, 2.75) is 586 Å². The fourth-order valence-electron chi connectivity index (χ4n) is 31.7. The summed E-state index contributed by atoms with van der Waals surface area (Å²) >= 11 is 0. The fourth-order valence-corrected chi connectivity index (χ4v) is 31.7. The van der Waals surface area contributed by atoms with Crippen molar-refractivity contribution >= 4 is 0 Å². The Labute approximate surface area is 654 Å². The predicted molar refractivity (Wildman–Crippen MR) is 453 cm³/mol. The Morgan fingerprint density at radius 3 is 0.343 bits per heavy atom. The summed E-state index contributed by atoms with van der Waals surface area (Å²) in [4.78, 5) is 14.0. The van der Waals surface area contributed by atoms with Crippen LogP contribution in [0.4, 0.5) is 0 Å². The maximum Gasteiger partial charge on any atom is 0.0101 e. The third-order valence-electron chi connectivity index (χ3n) is 35.9. The maximum absolute atomic E-state index is 3.49. The van der Waals surface area contributed by atoms with Crippen LogP contribution in [-0.4, -0.2) is 92.1 Å². The molecule has 0 aromatic carbocycles. The molecule has 1 spiro atoms. The van der Waals surface area contributed by atoms with Crippen LogP contribution >= 0.6 is 0 Å². The van der Waals surface area contributed by atoms with E-state index in [9.17, 15) is 0 Å². The van der Waals surface area contributed by atoms with Crippen molar-refractivity contribution < 1.29 is 0 Å². The largest absolute Gasteiger partial charge is 0.294 e. The molecule has 14 saturated carbocycles. The van der Waals surface area contributed by atoms with Gasteiger partial charge in [0, 0.05) is 72.5 Å². The van der Waals surface area contributed by atoms with Gasteiger partial charge < -0.3 is 0 Å². The molecule has 14 aliphatic carbocycles. The van der Waals surface area contributed by atoms with Gasteiger partial charge >= 0.3 is 0 Å². The summed E-state index contributed by atoms with van der Waals surface area (Å²) in [5.74, 6) is 7.98. The van der Waals surface area contributed by atoms with Crippen molar-refractivity contribution in [2.24, 2.45) is 52.8 Å². The molecule has 14 aliphatic rings.